The van der Waals surface area contributed by atoms with E-state index in [-0.39, 0.29) is 10.8 Å². The zero-order valence-electron chi connectivity index (χ0n) is 16.4. The first kappa shape index (κ1) is 18.4. The Labute approximate surface area is 156 Å². The molecule has 0 spiro atoms. The quantitative estimate of drug-likeness (QED) is 0.680. The number of benzene rings is 2. The summed E-state index contributed by atoms with van der Waals surface area (Å²) in [5.41, 5.74) is 7.85. The van der Waals surface area contributed by atoms with Crippen LogP contribution in [0.3, 0.4) is 0 Å². The van der Waals surface area contributed by atoms with E-state index in [1.54, 1.807) is 6.08 Å². The molecule has 0 saturated carbocycles. The van der Waals surface area contributed by atoms with Gasteiger partial charge < -0.3 is 5.11 Å². The topological polar surface area (TPSA) is 37.3 Å². The molecule has 2 nitrogen and oxygen atoms in total. The molecule has 0 bridgehead atoms. The van der Waals surface area contributed by atoms with E-state index in [4.69, 9.17) is 5.11 Å². The minimum Gasteiger partial charge on any atom is -0.478 e. The molecule has 0 heterocycles. The molecule has 2 heteroatoms. The zero-order chi connectivity index (χ0) is 19.1. The van der Waals surface area contributed by atoms with Crippen LogP contribution in [0, 0.1) is 6.92 Å². The van der Waals surface area contributed by atoms with Crippen molar-refractivity contribution < 1.29 is 9.90 Å². The van der Waals surface area contributed by atoms with Crippen LogP contribution in [0.1, 0.15) is 62.8 Å². The molecule has 0 aliphatic heterocycles. The van der Waals surface area contributed by atoms with E-state index in [1.165, 1.54) is 41.2 Å². The Morgan fingerprint density at radius 3 is 2.23 bits per heavy atom. The lowest BCUT2D eigenvalue weighted by Gasteiger charge is -2.42. The molecule has 2 aromatic rings. The lowest BCUT2D eigenvalue weighted by Crippen LogP contribution is -2.34. The van der Waals surface area contributed by atoms with Crippen molar-refractivity contribution in [1.29, 1.82) is 0 Å². The first-order chi connectivity index (χ1) is 12.1. The highest BCUT2D eigenvalue weighted by Crippen LogP contribution is 2.47. The number of hydrogen-bond donors (Lipinski definition) is 1. The van der Waals surface area contributed by atoms with Gasteiger partial charge in [-0.15, -0.1) is 0 Å². The maximum atomic E-state index is 10.8. The third kappa shape index (κ3) is 3.46. The summed E-state index contributed by atoms with van der Waals surface area (Å²) in [6.45, 7) is 11.5. The highest BCUT2D eigenvalue weighted by Gasteiger charge is 2.37. The van der Waals surface area contributed by atoms with Gasteiger partial charge in [-0.1, -0.05) is 58.0 Å². The van der Waals surface area contributed by atoms with Gasteiger partial charge >= 0.3 is 5.97 Å². The molecule has 0 unspecified atom stereocenters. The summed E-state index contributed by atoms with van der Waals surface area (Å²) in [4.78, 5) is 10.8. The van der Waals surface area contributed by atoms with E-state index in [0.717, 1.165) is 11.1 Å². The fraction of sp³-hybridized carbons (Fsp3) is 0.375. The van der Waals surface area contributed by atoms with Crippen molar-refractivity contribution in [1.82, 2.24) is 0 Å². The number of aryl methyl sites for hydroxylation is 1. The maximum Gasteiger partial charge on any atom is 0.328 e. The maximum absolute atomic E-state index is 10.8. The first-order valence-corrected chi connectivity index (χ1v) is 9.27. The summed E-state index contributed by atoms with van der Waals surface area (Å²) in [7, 11) is 0. The van der Waals surface area contributed by atoms with Gasteiger partial charge in [-0.05, 0) is 76.1 Å². The molecule has 0 amide bonds. The van der Waals surface area contributed by atoms with Crippen molar-refractivity contribution in [2.45, 2.75) is 58.3 Å². The second-order valence-corrected chi connectivity index (χ2v) is 8.78. The molecule has 3 rings (SSSR count). The Bertz CT molecular complexity index is 885. The average molecular weight is 348 g/mol. The lowest BCUT2D eigenvalue weighted by atomic mass is 9.62. The third-order valence-electron chi connectivity index (χ3n) is 5.81. The van der Waals surface area contributed by atoms with Crippen LogP contribution in [0.15, 0.2) is 42.5 Å². The summed E-state index contributed by atoms with van der Waals surface area (Å²) in [6.07, 6.45) is 5.23. The van der Waals surface area contributed by atoms with Crippen molar-refractivity contribution in [2.75, 3.05) is 0 Å². The monoisotopic (exact) mass is 348 g/mol. The van der Waals surface area contributed by atoms with Gasteiger partial charge in [0, 0.05) is 6.08 Å². The summed E-state index contributed by atoms with van der Waals surface area (Å²) < 4.78 is 0. The van der Waals surface area contributed by atoms with Gasteiger partial charge in [0.2, 0.25) is 0 Å². The molecular formula is C24H28O2. The van der Waals surface area contributed by atoms with Gasteiger partial charge in [0.15, 0.2) is 0 Å². The molecule has 136 valence electrons. The predicted molar refractivity (Wildman–Crippen MR) is 109 cm³/mol. The number of carboxylic acids is 1. The van der Waals surface area contributed by atoms with Crippen molar-refractivity contribution in [2.24, 2.45) is 0 Å². The molecule has 0 atom stereocenters. The van der Waals surface area contributed by atoms with Crippen LogP contribution >= 0.6 is 0 Å². The van der Waals surface area contributed by atoms with Crippen LogP contribution in [0.4, 0.5) is 0 Å². The number of aliphatic carboxylic acids is 1. The highest BCUT2D eigenvalue weighted by molar-refractivity contribution is 5.85. The number of carbonyl (C=O) groups is 1. The summed E-state index contributed by atoms with van der Waals surface area (Å²) in [6, 6.07) is 12.8. The standard InChI is InChI=1S/C24H28O2/c1-16-13-20-21(24(4,5)12-11-23(20,2)3)15-19(16)18-8-6-7-17(14-18)9-10-22(25)26/h6-10,13-15H,11-12H2,1-5H3,(H,25,26)/b10-9+. The fourth-order valence-corrected chi connectivity index (χ4v) is 4.01. The molecule has 2 aromatic carbocycles. The van der Waals surface area contributed by atoms with Gasteiger partial charge in [-0.25, -0.2) is 4.79 Å². The Morgan fingerprint density at radius 1 is 1.00 bits per heavy atom. The van der Waals surface area contributed by atoms with Gasteiger partial charge in [-0.3, -0.25) is 0 Å². The second-order valence-electron chi connectivity index (χ2n) is 8.78. The Morgan fingerprint density at radius 2 is 1.62 bits per heavy atom. The number of carboxylic acid groups (broad SMARTS) is 1. The molecule has 26 heavy (non-hydrogen) atoms. The molecule has 0 saturated heterocycles. The van der Waals surface area contributed by atoms with Crippen LogP contribution in [0.2, 0.25) is 0 Å². The Kier molecular flexibility index (Phi) is 4.56. The van der Waals surface area contributed by atoms with Crippen molar-refractivity contribution in [3.05, 3.63) is 64.7 Å². The number of hydrogen-bond acceptors (Lipinski definition) is 1. The molecule has 1 aliphatic carbocycles. The second kappa shape index (κ2) is 6.42. The van der Waals surface area contributed by atoms with E-state index in [1.807, 2.05) is 12.1 Å². The molecule has 1 N–H and O–H groups in total. The van der Waals surface area contributed by atoms with Crippen molar-refractivity contribution in [3.63, 3.8) is 0 Å². The van der Waals surface area contributed by atoms with Crippen LogP contribution in [0.25, 0.3) is 17.2 Å². The number of fused-ring (bicyclic) bond motifs is 1. The Hall–Kier alpha value is -2.35. The number of rotatable bonds is 3. The molecule has 0 fully saturated rings. The van der Waals surface area contributed by atoms with Crippen LogP contribution in [0.5, 0.6) is 0 Å². The highest BCUT2D eigenvalue weighted by atomic mass is 16.4. The Balaban J connectivity index is 2.13. The lowest BCUT2D eigenvalue weighted by molar-refractivity contribution is -0.131. The summed E-state index contributed by atoms with van der Waals surface area (Å²) in [5, 5.41) is 8.86. The minimum absolute atomic E-state index is 0.175. The van der Waals surface area contributed by atoms with Crippen LogP contribution < -0.4 is 0 Å². The van der Waals surface area contributed by atoms with E-state index in [2.05, 4.69) is 58.9 Å². The van der Waals surface area contributed by atoms with Gasteiger partial charge in [0.25, 0.3) is 0 Å². The van der Waals surface area contributed by atoms with Crippen LogP contribution in [-0.4, -0.2) is 11.1 Å². The first-order valence-electron chi connectivity index (χ1n) is 9.27. The van der Waals surface area contributed by atoms with E-state index < -0.39 is 5.97 Å². The van der Waals surface area contributed by atoms with E-state index in [9.17, 15) is 4.79 Å². The van der Waals surface area contributed by atoms with E-state index >= 15 is 0 Å². The average Bonchev–Trinajstić information content (AvgIpc) is 2.57. The van der Waals surface area contributed by atoms with Crippen molar-refractivity contribution >= 4 is 12.0 Å². The molecular weight excluding hydrogens is 320 g/mol. The van der Waals surface area contributed by atoms with Crippen molar-refractivity contribution in [3.8, 4) is 11.1 Å². The SMILES string of the molecule is Cc1cc2c(cc1-c1cccc(/C=C/C(=O)O)c1)C(C)(C)CCC2(C)C. The van der Waals surface area contributed by atoms with E-state index in [0.29, 0.717) is 0 Å². The fourth-order valence-electron chi connectivity index (χ4n) is 4.01. The van der Waals surface area contributed by atoms with Gasteiger partial charge in [0.1, 0.15) is 0 Å². The van der Waals surface area contributed by atoms with Crippen LogP contribution in [-0.2, 0) is 15.6 Å². The van der Waals surface area contributed by atoms with Gasteiger partial charge in [-0.2, -0.15) is 0 Å². The smallest absolute Gasteiger partial charge is 0.328 e. The minimum atomic E-state index is -0.927. The van der Waals surface area contributed by atoms with Gasteiger partial charge in [0.05, 0.1) is 0 Å². The third-order valence-corrected chi connectivity index (χ3v) is 5.81. The molecule has 1 aliphatic rings. The summed E-state index contributed by atoms with van der Waals surface area (Å²) >= 11 is 0. The largest absolute Gasteiger partial charge is 0.478 e. The molecule has 0 radical (unpaired) electrons. The zero-order valence-corrected chi connectivity index (χ0v) is 16.4. The normalized spacial score (nSPS) is 17.9. The molecule has 0 aromatic heterocycles. The predicted octanol–water partition coefficient (Wildman–Crippen LogP) is 6.11. The summed E-state index contributed by atoms with van der Waals surface area (Å²) in [5.74, 6) is -0.927.